The lowest BCUT2D eigenvalue weighted by Crippen LogP contribution is -2.40. The topological polar surface area (TPSA) is 137 Å². The Bertz CT molecular complexity index is 1450. The Morgan fingerprint density at radius 3 is 2.37 bits per heavy atom. The number of halogens is 1. The summed E-state index contributed by atoms with van der Waals surface area (Å²) in [5.74, 6) is -1.73. The normalized spacial score (nSPS) is 12.1. The average Bonchev–Trinajstić information content (AvgIpc) is 2.97. The number of amides is 4. The highest BCUT2D eigenvalue weighted by molar-refractivity contribution is 6.30. The van der Waals surface area contributed by atoms with Crippen molar-refractivity contribution in [2.75, 3.05) is 30.4 Å². The van der Waals surface area contributed by atoms with Crippen LogP contribution in [0.2, 0.25) is 5.02 Å². The number of carbonyl (C=O) groups is 4. The van der Waals surface area contributed by atoms with Gasteiger partial charge in [0.05, 0.1) is 18.5 Å². The Morgan fingerprint density at radius 1 is 0.953 bits per heavy atom. The first-order chi connectivity index (χ1) is 20.4. The van der Waals surface area contributed by atoms with E-state index in [2.05, 4.69) is 16.0 Å². The van der Waals surface area contributed by atoms with Gasteiger partial charge in [0, 0.05) is 29.0 Å². The smallest absolute Gasteiger partial charge is 0.319 e. The lowest BCUT2D eigenvalue weighted by molar-refractivity contribution is -0.138. The van der Waals surface area contributed by atoms with Crippen molar-refractivity contribution in [2.45, 2.75) is 39.2 Å². The predicted molar refractivity (Wildman–Crippen MR) is 167 cm³/mol. The summed E-state index contributed by atoms with van der Waals surface area (Å²) in [4.78, 5) is 50.9. The van der Waals surface area contributed by atoms with Gasteiger partial charge in [0.1, 0.15) is 5.75 Å². The van der Waals surface area contributed by atoms with Gasteiger partial charge in [-0.05, 0) is 61.2 Å². The number of nitrogens with zero attached hydrogens (tertiary/aromatic N) is 1. The second-order valence-electron chi connectivity index (χ2n) is 10.5. The lowest BCUT2D eigenvalue weighted by Gasteiger charge is -2.24. The van der Waals surface area contributed by atoms with Crippen LogP contribution in [-0.2, 0) is 14.4 Å². The molecule has 0 saturated carbocycles. The first kappa shape index (κ1) is 32.9. The highest BCUT2D eigenvalue weighted by atomic mass is 35.5. The summed E-state index contributed by atoms with van der Waals surface area (Å²) in [5, 5.41) is 17.9. The number of rotatable bonds is 13. The molecule has 228 valence electrons. The minimum atomic E-state index is -0.974. The number of nitrogens with one attached hydrogen (secondary N) is 3. The van der Waals surface area contributed by atoms with Crippen molar-refractivity contribution in [2.24, 2.45) is 5.92 Å². The first-order valence-electron chi connectivity index (χ1n) is 13.9. The second kappa shape index (κ2) is 15.6. The molecule has 2 atom stereocenters. The maximum atomic E-state index is 12.9. The van der Waals surface area contributed by atoms with E-state index in [9.17, 15) is 24.3 Å². The molecular weight excluding hydrogens is 572 g/mol. The van der Waals surface area contributed by atoms with E-state index in [0.717, 1.165) is 0 Å². The van der Waals surface area contributed by atoms with Crippen molar-refractivity contribution < 1.29 is 29.0 Å². The second-order valence-corrected chi connectivity index (χ2v) is 10.9. The van der Waals surface area contributed by atoms with Gasteiger partial charge in [-0.3, -0.25) is 14.4 Å². The molecule has 0 aromatic heterocycles. The fourth-order valence-corrected chi connectivity index (χ4v) is 4.49. The Hall–Kier alpha value is -4.57. The maximum Gasteiger partial charge on any atom is 0.319 e. The van der Waals surface area contributed by atoms with Crippen LogP contribution in [0, 0.1) is 5.92 Å². The molecule has 3 aromatic rings. The summed E-state index contributed by atoms with van der Waals surface area (Å²) >= 11 is 6.06. The average molecular weight is 609 g/mol. The van der Waals surface area contributed by atoms with Crippen LogP contribution in [-0.4, -0.2) is 49.1 Å². The van der Waals surface area contributed by atoms with E-state index in [4.69, 9.17) is 16.3 Å². The molecule has 4 N–H and O–H groups in total. The van der Waals surface area contributed by atoms with E-state index in [-0.39, 0.29) is 25.0 Å². The van der Waals surface area contributed by atoms with E-state index in [1.54, 1.807) is 74.6 Å². The van der Waals surface area contributed by atoms with Crippen LogP contribution in [0.4, 0.5) is 16.2 Å². The Morgan fingerprint density at radius 2 is 1.67 bits per heavy atom. The summed E-state index contributed by atoms with van der Waals surface area (Å²) in [6.45, 7) is 5.09. The number of carboxylic acid groups (broad SMARTS) is 1. The molecule has 4 amide bonds. The fourth-order valence-electron chi connectivity index (χ4n) is 4.31. The van der Waals surface area contributed by atoms with Crippen LogP contribution in [0.25, 0.3) is 0 Å². The van der Waals surface area contributed by atoms with E-state index in [1.165, 1.54) is 4.90 Å². The van der Waals surface area contributed by atoms with Gasteiger partial charge in [0.15, 0.2) is 6.61 Å². The minimum absolute atomic E-state index is 0.214. The zero-order valence-electron chi connectivity index (χ0n) is 24.6. The van der Waals surface area contributed by atoms with Gasteiger partial charge in [-0.2, -0.15) is 0 Å². The minimum Gasteiger partial charge on any atom is -0.483 e. The Kier molecular flexibility index (Phi) is 11.9. The number of anilines is 2. The van der Waals surface area contributed by atoms with Crippen molar-refractivity contribution in [3.8, 4) is 5.75 Å². The summed E-state index contributed by atoms with van der Waals surface area (Å²) in [5.41, 5.74) is 2.29. The van der Waals surface area contributed by atoms with Crippen molar-refractivity contribution in [1.29, 1.82) is 0 Å². The summed E-state index contributed by atoms with van der Waals surface area (Å²) < 4.78 is 5.93. The van der Waals surface area contributed by atoms with Crippen molar-refractivity contribution >= 4 is 46.8 Å². The predicted octanol–water partition coefficient (Wildman–Crippen LogP) is 5.60. The zero-order valence-corrected chi connectivity index (χ0v) is 25.4. The summed E-state index contributed by atoms with van der Waals surface area (Å²) in [6.07, 6.45) is 0.587. The number of benzene rings is 3. The third kappa shape index (κ3) is 10.0. The quantitative estimate of drug-likeness (QED) is 0.199. The van der Waals surface area contributed by atoms with Crippen molar-refractivity contribution in [3.05, 3.63) is 88.9 Å². The van der Waals surface area contributed by atoms with Gasteiger partial charge in [-0.15, -0.1) is 0 Å². The molecule has 0 radical (unpaired) electrons. The Balaban J connectivity index is 1.62. The molecule has 0 heterocycles. The number of carbonyl (C=O) groups excluding carboxylic acids is 3. The Labute approximate surface area is 256 Å². The maximum absolute atomic E-state index is 12.9. The number of hydrogen-bond acceptors (Lipinski definition) is 5. The molecule has 10 nitrogen and oxygen atoms in total. The van der Waals surface area contributed by atoms with E-state index < -0.39 is 29.9 Å². The molecule has 3 aromatic carbocycles. The number of carboxylic acids is 1. The highest BCUT2D eigenvalue weighted by Gasteiger charge is 2.22. The standard InChI is InChI=1S/C32H37ClN4O6/c1-20(2)15-27(36-29(38)18-34-32(42)35-24-11-7-9-22(16-24)21(3)31(40)41)26-13-5-6-14-28(26)43-19-30(39)37(4)25-12-8-10-23(33)17-25/h5-14,16-17,20-21,27H,15,18-19H2,1-4H3,(H,36,38)(H,40,41)(H2,34,35,42). The fraction of sp³-hybridized carbons (Fsp3) is 0.312. The van der Waals surface area contributed by atoms with Gasteiger partial charge in [-0.1, -0.05) is 61.8 Å². The van der Waals surface area contributed by atoms with Crippen LogP contribution in [0.3, 0.4) is 0 Å². The van der Waals surface area contributed by atoms with Crippen LogP contribution in [0.1, 0.15) is 50.3 Å². The molecular formula is C32H37ClN4O6. The molecule has 0 aliphatic carbocycles. The summed E-state index contributed by atoms with van der Waals surface area (Å²) in [6, 6.07) is 19.6. The first-order valence-corrected chi connectivity index (χ1v) is 14.2. The third-order valence-corrected chi connectivity index (χ3v) is 6.92. The molecule has 2 unspecified atom stereocenters. The van der Waals surface area contributed by atoms with Gasteiger partial charge in [0.2, 0.25) is 5.91 Å². The molecule has 3 rings (SSSR count). The lowest BCUT2D eigenvalue weighted by atomic mass is 9.96. The number of aliphatic carboxylic acids is 1. The SMILES string of the molecule is CC(C)CC(NC(=O)CNC(=O)Nc1cccc(C(C)C(=O)O)c1)c1ccccc1OCC(=O)N(C)c1cccc(Cl)c1. The van der Waals surface area contributed by atoms with Crippen molar-refractivity contribution in [3.63, 3.8) is 0 Å². The third-order valence-electron chi connectivity index (χ3n) is 6.68. The molecule has 0 saturated heterocycles. The van der Waals surface area contributed by atoms with E-state index in [0.29, 0.717) is 39.7 Å². The number of ether oxygens (including phenoxy) is 1. The van der Waals surface area contributed by atoms with Crippen LogP contribution >= 0.6 is 11.6 Å². The van der Waals surface area contributed by atoms with Gasteiger partial charge in [0.25, 0.3) is 5.91 Å². The molecule has 0 spiro atoms. The van der Waals surface area contributed by atoms with Gasteiger partial charge < -0.3 is 30.7 Å². The summed E-state index contributed by atoms with van der Waals surface area (Å²) in [7, 11) is 1.64. The number of para-hydroxylation sites is 1. The molecule has 11 heteroatoms. The largest absolute Gasteiger partial charge is 0.483 e. The van der Waals surface area contributed by atoms with Crippen LogP contribution in [0.5, 0.6) is 5.75 Å². The van der Waals surface area contributed by atoms with Crippen LogP contribution in [0.15, 0.2) is 72.8 Å². The van der Waals surface area contributed by atoms with E-state index in [1.807, 2.05) is 26.0 Å². The molecule has 0 bridgehead atoms. The van der Waals surface area contributed by atoms with E-state index >= 15 is 0 Å². The van der Waals surface area contributed by atoms with Crippen LogP contribution < -0.4 is 25.6 Å². The number of likely N-dealkylation sites (N-methyl/N-ethyl adjacent to an activating group) is 1. The molecule has 43 heavy (non-hydrogen) atoms. The van der Waals surface area contributed by atoms with Gasteiger partial charge >= 0.3 is 12.0 Å². The molecule has 0 fully saturated rings. The number of hydrogen-bond donors (Lipinski definition) is 4. The number of urea groups is 1. The zero-order chi connectivity index (χ0) is 31.5. The highest BCUT2D eigenvalue weighted by Crippen LogP contribution is 2.30. The van der Waals surface area contributed by atoms with Gasteiger partial charge in [-0.25, -0.2) is 4.79 Å². The van der Waals surface area contributed by atoms with Crippen molar-refractivity contribution in [1.82, 2.24) is 10.6 Å². The molecule has 0 aliphatic heterocycles. The monoisotopic (exact) mass is 608 g/mol. The molecule has 0 aliphatic rings.